The van der Waals surface area contributed by atoms with Crippen molar-refractivity contribution in [2.24, 2.45) is 0 Å². The summed E-state index contributed by atoms with van der Waals surface area (Å²) in [6.07, 6.45) is 4.97. The number of benzene rings is 1. The maximum absolute atomic E-state index is 4.24. The van der Waals surface area contributed by atoms with E-state index in [9.17, 15) is 0 Å². The second kappa shape index (κ2) is 6.95. The van der Waals surface area contributed by atoms with Crippen molar-refractivity contribution in [3.05, 3.63) is 48.3 Å². The van der Waals surface area contributed by atoms with E-state index in [2.05, 4.69) is 57.1 Å². The van der Waals surface area contributed by atoms with Crippen molar-refractivity contribution in [3.8, 4) is 0 Å². The number of imidazole rings is 1. The lowest BCUT2D eigenvalue weighted by Gasteiger charge is -2.17. The van der Waals surface area contributed by atoms with Gasteiger partial charge in [-0.2, -0.15) is 0 Å². The molecule has 1 aromatic heterocycles. The van der Waals surface area contributed by atoms with Gasteiger partial charge < -0.3 is 14.8 Å². The predicted molar refractivity (Wildman–Crippen MR) is 79.2 cm³/mol. The van der Waals surface area contributed by atoms with Crippen molar-refractivity contribution in [3.63, 3.8) is 0 Å². The zero-order chi connectivity index (χ0) is 13.5. The number of hydrogen-bond donors (Lipinski definition) is 1. The maximum Gasteiger partial charge on any atom is 0.202 e. The van der Waals surface area contributed by atoms with Crippen molar-refractivity contribution < 1.29 is 0 Å². The van der Waals surface area contributed by atoms with Gasteiger partial charge in [0.25, 0.3) is 0 Å². The Balaban J connectivity index is 1.74. The highest BCUT2D eigenvalue weighted by Crippen LogP contribution is 2.06. The van der Waals surface area contributed by atoms with Crippen molar-refractivity contribution in [2.75, 3.05) is 26.0 Å². The van der Waals surface area contributed by atoms with Crippen LogP contribution in [0.2, 0.25) is 0 Å². The van der Waals surface area contributed by atoms with Crippen LogP contribution in [0.5, 0.6) is 0 Å². The first-order chi connectivity index (χ1) is 9.29. The fraction of sp³-hybridized carbons (Fsp3) is 0.400. The number of nitrogens with zero attached hydrogens (tertiary/aromatic N) is 3. The molecule has 1 heterocycles. The average Bonchev–Trinajstić information content (AvgIpc) is 2.87. The summed E-state index contributed by atoms with van der Waals surface area (Å²) in [4.78, 5) is 6.59. The number of anilines is 1. The standard InChI is InChI=1S/C15H22N4/c1-16-15-17-9-12-19(15)11-6-10-18(2)13-14-7-4-3-5-8-14/h3-5,7-9,12H,6,10-11,13H2,1-2H3,(H,16,17). The zero-order valence-electron chi connectivity index (χ0n) is 11.7. The van der Waals surface area contributed by atoms with Crippen LogP contribution < -0.4 is 5.32 Å². The first kappa shape index (κ1) is 13.6. The van der Waals surface area contributed by atoms with Gasteiger partial charge in [0.05, 0.1) is 0 Å². The largest absolute Gasteiger partial charge is 0.359 e. The second-order valence-electron chi connectivity index (χ2n) is 4.77. The Morgan fingerprint density at radius 1 is 1.26 bits per heavy atom. The van der Waals surface area contributed by atoms with Crippen LogP contribution >= 0.6 is 0 Å². The molecule has 0 unspecified atom stereocenters. The monoisotopic (exact) mass is 258 g/mol. The Hall–Kier alpha value is -1.81. The minimum Gasteiger partial charge on any atom is -0.359 e. The molecule has 4 nitrogen and oxygen atoms in total. The van der Waals surface area contributed by atoms with Gasteiger partial charge in [-0.25, -0.2) is 4.98 Å². The third kappa shape index (κ3) is 4.10. The van der Waals surface area contributed by atoms with Gasteiger partial charge in [-0.3, -0.25) is 0 Å². The molecule has 1 aromatic carbocycles. The molecule has 0 aliphatic heterocycles. The summed E-state index contributed by atoms with van der Waals surface area (Å²) in [7, 11) is 4.07. The fourth-order valence-electron chi connectivity index (χ4n) is 2.20. The Kier molecular flexibility index (Phi) is 4.98. The molecule has 0 fully saturated rings. The van der Waals surface area contributed by atoms with E-state index in [4.69, 9.17) is 0 Å². The van der Waals surface area contributed by atoms with Gasteiger partial charge in [0, 0.05) is 32.5 Å². The van der Waals surface area contributed by atoms with E-state index in [0.717, 1.165) is 32.0 Å². The molecular formula is C15H22N4. The third-order valence-corrected chi connectivity index (χ3v) is 3.17. The van der Waals surface area contributed by atoms with Crippen LogP contribution in [0.1, 0.15) is 12.0 Å². The Morgan fingerprint density at radius 2 is 2.05 bits per heavy atom. The molecule has 2 rings (SSSR count). The molecule has 1 N–H and O–H groups in total. The zero-order valence-corrected chi connectivity index (χ0v) is 11.7. The number of rotatable bonds is 7. The van der Waals surface area contributed by atoms with E-state index in [1.54, 1.807) is 0 Å². The topological polar surface area (TPSA) is 33.1 Å². The number of nitrogens with one attached hydrogen (secondary N) is 1. The highest BCUT2D eigenvalue weighted by Gasteiger charge is 2.02. The smallest absolute Gasteiger partial charge is 0.202 e. The normalized spacial score (nSPS) is 10.9. The van der Waals surface area contributed by atoms with E-state index < -0.39 is 0 Å². The van der Waals surface area contributed by atoms with Crippen molar-refractivity contribution in [1.29, 1.82) is 0 Å². The molecule has 0 saturated heterocycles. The molecule has 0 amide bonds. The average molecular weight is 258 g/mol. The Morgan fingerprint density at radius 3 is 2.79 bits per heavy atom. The van der Waals surface area contributed by atoms with Crippen molar-refractivity contribution >= 4 is 5.95 Å². The minimum absolute atomic E-state index is 0.936. The Bertz CT molecular complexity index is 478. The van der Waals surface area contributed by atoms with Crippen LogP contribution in [-0.4, -0.2) is 35.1 Å². The van der Waals surface area contributed by atoms with Crippen molar-refractivity contribution in [2.45, 2.75) is 19.5 Å². The van der Waals surface area contributed by atoms with Gasteiger partial charge in [-0.05, 0) is 25.6 Å². The number of hydrogen-bond acceptors (Lipinski definition) is 3. The van der Waals surface area contributed by atoms with Gasteiger partial charge in [0.15, 0.2) is 0 Å². The highest BCUT2D eigenvalue weighted by atomic mass is 15.2. The molecule has 0 saturated carbocycles. The van der Waals surface area contributed by atoms with Crippen molar-refractivity contribution in [1.82, 2.24) is 14.5 Å². The van der Waals surface area contributed by atoms with E-state index in [-0.39, 0.29) is 0 Å². The van der Waals surface area contributed by atoms with Gasteiger partial charge in [-0.1, -0.05) is 30.3 Å². The van der Waals surface area contributed by atoms with Gasteiger partial charge in [0.1, 0.15) is 0 Å². The van der Waals surface area contributed by atoms with E-state index in [0.29, 0.717) is 0 Å². The summed E-state index contributed by atoms with van der Waals surface area (Å²) < 4.78 is 2.15. The molecule has 0 aliphatic rings. The molecular weight excluding hydrogens is 236 g/mol. The van der Waals surface area contributed by atoms with Crippen LogP contribution in [0.3, 0.4) is 0 Å². The first-order valence-corrected chi connectivity index (χ1v) is 6.71. The molecule has 19 heavy (non-hydrogen) atoms. The molecule has 0 spiro atoms. The molecule has 0 aliphatic carbocycles. The fourth-order valence-corrected chi connectivity index (χ4v) is 2.20. The van der Waals surface area contributed by atoms with Crippen LogP contribution in [0.25, 0.3) is 0 Å². The van der Waals surface area contributed by atoms with Gasteiger partial charge in [-0.15, -0.1) is 0 Å². The van der Waals surface area contributed by atoms with E-state index in [1.165, 1.54) is 5.56 Å². The summed E-state index contributed by atoms with van der Waals surface area (Å²) in [6.45, 7) is 3.08. The van der Waals surface area contributed by atoms with Crippen LogP contribution in [-0.2, 0) is 13.1 Å². The van der Waals surface area contributed by atoms with E-state index >= 15 is 0 Å². The lowest BCUT2D eigenvalue weighted by atomic mass is 10.2. The maximum atomic E-state index is 4.24. The molecule has 2 aromatic rings. The van der Waals surface area contributed by atoms with Crippen LogP contribution in [0.4, 0.5) is 5.95 Å². The van der Waals surface area contributed by atoms with E-state index in [1.807, 2.05) is 19.4 Å². The molecule has 0 radical (unpaired) electrons. The Labute approximate surface area is 115 Å². The summed E-state index contributed by atoms with van der Waals surface area (Å²) in [5, 5.41) is 3.09. The lowest BCUT2D eigenvalue weighted by molar-refractivity contribution is 0.314. The summed E-state index contributed by atoms with van der Waals surface area (Å²) >= 11 is 0. The predicted octanol–water partition coefficient (Wildman–Crippen LogP) is 2.45. The molecule has 0 bridgehead atoms. The summed E-state index contributed by atoms with van der Waals surface area (Å²) in [5.41, 5.74) is 1.36. The second-order valence-corrected chi connectivity index (χ2v) is 4.77. The number of aryl methyl sites for hydroxylation is 1. The molecule has 102 valence electrons. The number of aromatic nitrogens is 2. The highest BCUT2D eigenvalue weighted by molar-refractivity contribution is 5.23. The van der Waals surface area contributed by atoms with Gasteiger partial charge in [0.2, 0.25) is 5.95 Å². The molecule has 0 atom stereocenters. The molecule has 4 heteroatoms. The first-order valence-electron chi connectivity index (χ1n) is 6.71. The SMILES string of the molecule is CNc1nccn1CCCN(C)Cc1ccccc1. The van der Waals surface area contributed by atoms with Crippen LogP contribution in [0, 0.1) is 0 Å². The quantitative estimate of drug-likeness (QED) is 0.828. The minimum atomic E-state index is 0.936. The summed E-state index contributed by atoms with van der Waals surface area (Å²) in [6, 6.07) is 10.6. The van der Waals surface area contributed by atoms with Gasteiger partial charge >= 0.3 is 0 Å². The lowest BCUT2D eigenvalue weighted by Crippen LogP contribution is -2.20. The van der Waals surface area contributed by atoms with Crippen LogP contribution in [0.15, 0.2) is 42.7 Å². The summed E-state index contributed by atoms with van der Waals surface area (Å²) in [5.74, 6) is 0.936. The third-order valence-electron chi connectivity index (χ3n) is 3.17.